The number of halogens is 1. The summed E-state index contributed by atoms with van der Waals surface area (Å²) in [6.45, 7) is 0.0707. The summed E-state index contributed by atoms with van der Waals surface area (Å²) in [5.41, 5.74) is 6.33. The lowest BCUT2D eigenvalue weighted by Crippen LogP contribution is -2.23. The maximum Gasteiger partial charge on any atom is 0.252 e. The summed E-state index contributed by atoms with van der Waals surface area (Å²) >= 11 is 7.17. The van der Waals surface area contributed by atoms with Crippen LogP contribution in [0.25, 0.3) is 11.4 Å². The molecule has 0 bridgehead atoms. The Balaban J connectivity index is 1.66. The first kappa shape index (κ1) is 18.9. The molecule has 0 aliphatic heterocycles. The molecular formula is C18H15ClN4O3S. The van der Waals surface area contributed by atoms with E-state index in [1.807, 2.05) is 6.07 Å². The van der Waals surface area contributed by atoms with Crippen molar-refractivity contribution in [1.82, 2.24) is 15.5 Å². The van der Waals surface area contributed by atoms with Gasteiger partial charge in [0.15, 0.2) is 0 Å². The predicted octanol–water partition coefficient (Wildman–Crippen LogP) is 2.90. The normalized spacial score (nSPS) is 10.6. The molecule has 0 aliphatic rings. The number of amides is 2. The third kappa shape index (κ3) is 5.08. The van der Waals surface area contributed by atoms with E-state index in [0.29, 0.717) is 21.3 Å². The average Bonchev–Trinajstić information content (AvgIpc) is 3.14. The first-order valence-corrected chi connectivity index (χ1v) is 9.26. The van der Waals surface area contributed by atoms with Crippen LogP contribution in [0.3, 0.4) is 0 Å². The molecule has 9 heteroatoms. The second kappa shape index (κ2) is 8.70. The van der Waals surface area contributed by atoms with Gasteiger partial charge in [-0.05, 0) is 24.3 Å². The lowest BCUT2D eigenvalue weighted by Gasteiger charge is -2.08. The van der Waals surface area contributed by atoms with Crippen LogP contribution in [0.2, 0.25) is 5.02 Å². The maximum absolute atomic E-state index is 12.5. The summed E-state index contributed by atoms with van der Waals surface area (Å²) in [5.74, 6) is -0.0174. The van der Waals surface area contributed by atoms with Gasteiger partial charge < -0.3 is 15.6 Å². The van der Waals surface area contributed by atoms with Crippen molar-refractivity contribution in [3.05, 3.63) is 65.0 Å². The Morgan fingerprint density at radius 1 is 1.19 bits per heavy atom. The standard InChI is InChI=1S/C18H15ClN4O3S/c19-12-5-3-4-11(8-12)17-22-16(26-23-17)9-21-18(25)13-6-1-2-7-14(13)27-10-15(20)24/h1-8H,9-10H2,(H2,20,24)(H,21,25). The first-order chi connectivity index (χ1) is 13.0. The summed E-state index contributed by atoms with van der Waals surface area (Å²) in [6, 6.07) is 14.0. The number of hydrogen-bond donors (Lipinski definition) is 2. The minimum Gasteiger partial charge on any atom is -0.369 e. The Kier molecular flexibility index (Phi) is 6.10. The molecule has 138 valence electrons. The number of rotatable bonds is 7. The highest BCUT2D eigenvalue weighted by Crippen LogP contribution is 2.23. The van der Waals surface area contributed by atoms with Gasteiger partial charge in [0.25, 0.3) is 5.91 Å². The van der Waals surface area contributed by atoms with Crippen molar-refractivity contribution in [3.8, 4) is 11.4 Å². The van der Waals surface area contributed by atoms with Gasteiger partial charge in [0.2, 0.25) is 17.6 Å². The zero-order valence-corrected chi connectivity index (χ0v) is 15.6. The topological polar surface area (TPSA) is 111 Å². The van der Waals surface area contributed by atoms with Gasteiger partial charge in [0.1, 0.15) is 0 Å². The zero-order valence-electron chi connectivity index (χ0n) is 14.0. The molecular weight excluding hydrogens is 388 g/mol. The van der Waals surface area contributed by atoms with Crippen LogP contribution in [0.5, 0.6) is 0 Å². The monoisotopic (exact) mass is 402 g/mol. The largest absolute Gasteiger partial charge is 0.369 e. The smallest absolute Gasteiger partial charge is 0.252 e. The number of nitrogens with two attached hydrogens (primary N) is 1. The zero-order chi connectivity index (χ0) is 19.2. The van der Waals surface area contributed by atoms with Gasteiger partial charge in [-0.3, -0.25) is 9.59 Å². The number of benzene rings is 2. The van der Waals surface area contributed by atoms with Gasteiger partial charge in [-0.15, -0.1) is 11.8 Å². The van der Waals surface area contributed by atoms with E-state index in [0.717, 1.165) is 5.56 Å². The minimum absolute atomic E-state index is 0.0707. The first-order valence-electron chi connectivity index (χ1n) is 7.90. The van der Waals surface area contributed by atoms with Crippen molar-refractivity contribution >= 4 is 35.2 Å². The molecule has 2 aromatic carbocycles. The molecule has 1 heterocycles. The number of thioether (sulfide) groups is 1. The SMILES string of the molecule is NC(=O)CSc1ccccc1C(=O)NCc1nc(-c2cccc(Cl)c2)no1. The van der Waals surface area contributed by atoms with E-state index in [1.54, 1.807) is 42.5 Å². The van der Waals surface area contributed by atoms with E-state index in [4.69, 9.17) is 21.9 Å². The number of primary amides is 1. The second-order valence-electron chi connectivity index (χ2n) is 5.46. The number of nitrogens with one attached hydrogen (secondary N) is 1. The molecule has 0 fully saturated rings. The Morgan fingerprint density at radius 3 is 2.78 bits per heavy atom. The highest BCUT2D eigenvalue weighted by atomic mass is 35.5. The van der Waals surface area contributed by atoms with Crippen LogP contribution in [0, 0.1) is 0 Å². The number of carbonyl (C=O) groups is 2. The molecule has 3 N–H and O–H groups in total. The van der Waals surface area contributed by atoms with Crippen LogP contribution in [-0.4, -0.2) is 27.7 Å². The second-order valence-corrected chi connectivity index (χ2v) is 6.91. The summed E-state index contributed by atoms with van der Waals surface area (Å²) in [6.07, 6.45) is 0. The highest BCUT2D eigenvalue weighted by molar-refractivity contribution is 8.00. The Labute approximate surface area is 164 Å². The van der Waals surface area contributed by atoms with Crippen molar-refractivity contribution < 1.29 is 14.1 Å². The summed E-state index contributed by atoms with van der Waals surface area (Å²) in [5, 5.41) is 7.19. The lowest BCUT2D eigenvalue weighted by atomic mass is 10.2. The number of carbonyl (C=O) groups excluding carboxylic acids is 2. The van der Waals surface area contributed by atoms with E-state index in [-0.39, 0.29) is 24.1 Å². The molecule has 0 radical (unpaired) electrons. The highest BCUT2D eigenvalue weighted by Gasteiger charge is 2.14. The Morgan fingerprint density at radius 2 is 2.00 bits per heavy atom. The molecule has 2 amide bonds. The lowest BCUT2D eigenvalue weighted by molar-refractivity contribution is -0.115. The van der Waals surface area contributed by atoms with Crippen molar-refractivity contribution in [1.29, 1.82) is 0 Å². The molecule has 0 saturated heterocycles. The van der Waals surface area contributed by atoms with Crippen molar-refractivity contribution in [2.24, 2.45) is 5.73 Å². The average molecular weight is 403 g/mol. The Bertz CT molecular complexity index is 977. The van der Waals surface area contributed by atoms with E-state index >= 15 is 0 Å². The number of hydrogen-bond acceptors (Lipinski definition) is 6. The molecule has 27 heavy (non-hydrogen) atoms. The van der Waals surface area contributed by atoms with E-state index in [9.17, 15) is 9.59 Å². The van der Waals surface area contributed by atoms with Crippen LogP contribution in [0.15, 0.2) is 57.9 Å². The van der Waals surface area contributed by atoms with E-state index in [1.165, 1.54) is 11.8 Å². The van der Waals surface area contributed by atoms with Crippen molar-refractivity contribution in [2.75, 3.05) is 5.75 Å². The van der Waals surface area contributed by atoms with Gasteiger partial charge >= 0.3 is 0 Å². The summed E-state index contributed by atoms with van der Waals surface area (Å²) in [4.78, 5) is 28.3. The third-order valence-electron chi connectivity index (χ3n) is 3.45. The van der Waals surface area contributed by atoms with Gasteiger partial charge in [-0.1, -0.05) is 41.0 Å². The molecule has 0 saturated carbocycles. The Hall–Kier alpha value is -2.84. The van der Waals surface area contributed by atoms with Crippen LogP contribution in [0.4, 0.5) is 0 Å². The third-order valence-corrected chi connectivity index (χ3v) is 4.78. The fourth-order valence-corrected chi connectivity index (χ4v) is 3.23. The van der Waals surface area contributed by atoms with Crippen LogP contribution < -0.4 is 11.1 Å². The molecule has 3 aromatic rings. The van der Waals surface area contributed by atoms with Gasteiger partial charge in [0, 0.05) is 15.5 Å². The van der Waals surface area contributed by atoms with Crippen LogP contribution in [-0.2, 0) is 11.3 Å². The van der Waals surface area contributed by atoms with E-state index in [2.05, 4.69) is 15.5 Å². The number of aromatic nitrogens is 2. The van der Waals surface area contributed by atoms with Gasteiger partial charge in [-0.25, -0.2) is 0 Å². The van der Waals surface area contributed by atoms with Gasteiger partial charge in [0.05, 0.1) is 17.9 Å². The minimum atomic E-state index is -0.449. The molecule has 0 spiro atoms. The van der Waals surface area contributed by atoms with Crippen LogP contribution in [0.1, 0.15) is 16.2 Å². The fourth-order valence-electron chi connectivity index (χ4n) is 2.25. The fraction of sp³-hybridized carbons (Fsp3) is 0.111. The molecule has 0 atom stereocenters. The van der Waals surface area contributed by atoms with E-state index < -0.39 is 5.91 Å². The summed E-state index contributed by atoms with van der Waals surface area (Å²) < 4.78 is 5.17. The predicted molar refractivity (Wildman–Crippen MR) is 102 cm³/mol. The van der Waals surface area contributed by atoms with Crippen LogP contribution >= 0.6 is 23.4 Å². The molecule has 7 nitrogen and oxygen atoms in total. The summed E-state index contributed by atoms with van der Waals surface area (Å²) in [7, 11) is 0. The van der Waals surface area contributed by atoms with Crippen molar-refractivity contribution in [3.63, 3.8) is 0 Å². The molecule has 1 aromatic heterocycles. The molecule has 0 aliphatic carbocycles. The van der Waals surface area contributed by atoms with Gasteiger partial charge in [-0.2, -0.15) is 4.98 Å². The maximum atomic E-state index is 12.5. The quantitative estimate of drug-likeness (QED) is 0.588. The van der Waals surface area contributed by atoms with Crippen molar-refractivity contribution in [2.45, 2.75) is 11.4 Å². The molecule has 0 unspecified atom stereocenters. The molecule has 3 rings (SSSR count). The number of nitrogens with zero attached hydrogens (tertiary/aromatic N) is 2.